The third-order valence-corrected chi connectivity index (χ3v) is 4.63. The topological polar surface area (TPSA) is 21.3 Å². The molecule has 2 unspecified atom stereocenters. The van der Waals surface area contributed by atoms with Gasteiger partial charge in [0.2, 0.25) is 0 Å². The first-order valence-electron chi connectivity index (χ1n) is 7.85. The molecule has 22 heavy (non-hydrogen) atoms. The van der Waals surface area contributed by atoms with Crippen LogP contribution in [0.15, 0.2) is 36.4 Å². The van der Waals surface area contributed by atoms with Crippen molar-refractivity contribution >= 4 is 5.69 Å². The normalized spacial score (nSPS) is 17.7. The molecular weight excluding hydrogens is 277 g/mol. The van der Waals surface area contributed by atoms with Crippen LogP contribution in [-0.4, -0.2) is 7.11 Å². The van der Waals surface area contributed by atoms with Gasteiger partial charge in [-0.1, -0.05) is 26.0 Å². The third kappa shape index (κ3) is 2.68. The lowest BCUT2D eigenvalue weighted by Crippen LogP contribution is -2.08. The summed E-state index contributed by atoms with van der Waals surface area (Å²) in [6, 6.07) is 11.4. The lowest BCUT2D eigenvalue weighted by atomic mass is 9.95. The zero-order chi connectivity index (χ0) is 15.7. The smallest absolute Gasteiger partial charge is 0.124 e. The Morgan fingerprint density at radius 2 is 2.09 bits per heavy atom. The van der Waals surface area contributed by atoms with E-state index in [4.69, 9.17) is 4.74 Å². The van der Waals surface area contributed by atoms with E-state index >= 15 is 0 Å². The first-order valence-corrected chi connectivity index (χ1v) is 7.85. The molecule has 0 saturated heterocycles. The van der Waals surface area contributed by atoms with Crippen molar-refractivity contribution in [1.29, 1.82) is 0 Å². The molecule has 2 nitrogen and oxygen atoms in total. The van der Waals surface area contributed by atoms with E-state index in [-0.39, 0.29) is 11.9 Å². The summed E-state index contributed by atoms with van der Waals surface area (Å²) in [4.78, 5) is 0. The Hall–Kier alpha value is -2.03. The van der Waals surface area contributed by atoms with Crippen LogP contribution in [0.3, 0.4) is 0 Å². The summed E-state index contributed by atoms with van der Waals surface area (Å²) < 4.78 is 19.0. The van der Waals surface area contributed by atoms with Gasteiger partial charge in [0.15, 0.2) is 0 Å². The number of ether oxygens (including phenoxy) is 1. The van der Waals surface area contributed by atoms with Gasteiger partial charge in [-0.05, 0) is 54.2 Å². The maximum Gasteiger partial charge on any atom is 0.124 e. The lowest BCUT2D eigenvalue weighted by Gasteiger charge is -2.15. The quantitative estimate of drug-likeness (QED) is 0.852. The fourth-order valence-electron chi connectivity index (χ4n) is 3.09. The summed E-state index contributed by atoms with van der Waals surface area (Å²) in [5, 5.41) is 3.49. The van der Waals surface area contributed by atoms with Crippen LogP contribution in [0, 0.1) is 5.82 Å². The van der Waals surface area contributed by atoms with Gasteiger partial charge in [0, 0.05) is 11.3 Å². The van der Waals surface area contributed by atoms with E-state index in [1.165, 1.54) is 17.2 Å². The molecule has 3 heteroatoms. The van der Waals surface area contributed by atoms with Gasteiger partial charge in [-0.2, -0.15) is 0 Å². The van der Waals surface area contributed by atoms with Crippen LogP contribution in [0.25, 0.3) is 0 Å². The molecule has 2 atom stereocenters. The van der Waals surface area contributed by atoms with Crippen molar-refractivity contribution in [3.05, 3.63) is 58.9 Å². The van der Waals surface area contributed by atoms with Crippen LogP contribution in [-0.2, 0) is 6.42 Å². The number of anilines is 1. The largest absolute Gasteiger partial charge is 0.496 e. The van der Waals surface area contributed by atoms with Crippen LogP contribution in [0.2, 0.25) is 0 Å². The second-order valence-corrected chi connectivity index (χ2v) is 6.01. The molecule has 1 heterocycles. The second kappa shape index (κ2) is 5.99. The Balaban J connectivity index is 1.90. The predicted molar refractivity (Wildman–Crippen MR) is 88.2 cm³/mol. The fraction of sp³-hybridized carbons (Fsp3) is 0.368. The molecule has 3 rings (SSSR count). The number of hydrogen-bond acceptors (Lipinski definition) is 2. The Bertz CT molecular complexity index is 683. The van der Waals surface area contributed by atoms with Gasteiger partial charge in [0.25, 0.3) is 0 Å². The van der Waals surface area contributed by atoms with Gasteiger partial charge in [0.1, 0.15) is 11.6 Å². The van der Waals surface area contributed by atoms with Crippen LogP contribution in [0.1, 0.15) is 48.9 Å². The van der Waals surface area contributed by atoms with Gasteiger partial charge < -0.3 is 10.1 Å². The molecule has 0 bridgehead atoms. The molecule has 0 aliphatic carbocycles. The van der Waals surface area contributed by atoms with Crippen molar-refractivity contribution in [2.45, 2.75) is 38.6 Å². The maximum atomic E-state index is 13.6. The highest BCUT2D eigenvalue weighted by atomic mass is 19.1. The Kier molecular flexibility index (Phi) is 4.06. The highest BCUT2D eigenvalue weighted by molar-refractivity contribution is 5.60. The van der Waals surface area contributed by atoms with Gasteiger partial charge >= 0.3 is 0 Å². The highest BCUT2D eigenvalue weighted by Gasteiger charge is 2.25. The number of nitrogens with one attached hydrogen (secondary N) is 1. The predicted octanol–water partition coefficient (Wildman–Crippen LogP) is 5.06. The molecular formula is C19H22FNO. The van der Waals surface area contributed by atoms with Gasteiger partial charge in [0.05, 0.1) is 13.2 Å². The van der Waals surface area contributed by atoms with Crippen molar-refractivity contribution < 1.29 is 9.13 Å². The molecule has 1 aliphatic heterocycles. The molecule has 0 spiro atoms. The summed E-state index contributed by atoms with van der Waals surface area (Å²) >= 11 is 0. The number of benzene rings is 2. The first kappa shape index (κ1) is 14.9. The fourth-order valence-corrected chi connectivity index (χ4v) is 3.09. The van der Waals surface area contributed by atoms with Crippen LogP contribution in [0.4, 0.5) is 10.1 Å². The summed E-state index contributed by atoms with van der Waals surface area (Å²) in [6.07, 6.45) is 1.99. The van der Waals surface area contributed by atoms with Crippen molar-refractivity contribution in [2.24, 2.45) is 0 Å². The highest BCUT2D eigenvalue weighted by Crippen LogP contribution is 2.39. The minimum absolute atomic E-state index is 0.0628. The van der Waals surface area contributed by atoms with E-state index in [0.29, 0.717) is 5.92 Å². The second-order valence-electron chi connectivity index (χ2n) is 6.01. The molecule has 1 aliphatic rings. The van der Waals surface area contributed by atoms with Crippen LogP contribution in [0.5, 0.6) is 5.75 Å². The Morgan fingerprint density at radius 3 is 2.82 bits per heavy atom. The zero-order valence-corrected chi connectivity index (χ0v) is 13.3. The van der Waals surface area contributed by atoms with E-state index in [1.807, 2.05) is 0 Å². The average Bonchev–Trinajstić information content (AvgIpc) is 2.96. The number of fused-ring (bicyclic) bond motifs is 1. The Labute approximate surface area is 131 Å². The summed E-state index contributed by atoms with van der Waals surface area (Å²) in [5.74, 6) is 1.07. The molecule has 0 amide bonds. The van der Waals surface area contributed by atoms with Crippen molar-refractivity contribution in [3.8, 4) is 5.75 Å². The SMILES string of the molecule is CCC(C)c1ccc2c(c1)CC(c1cc(F)ccc1OC)N2. The third-order valence-electron chi connectivity index (χ3n) is 4.63. The van der Waals surface area contributed by atoms with Crippen LogP contribution < -0.4 is 10.1 Å². The van der Waals surface area contributed by atoms with E-state index in [2.05, 4.69) is 37.4 Å². The number of halogens is 1. The molecule has 2 aromatic carbocycles. The van der Waals surface area contributed by atoms with Gasteiger partial charge in [-0.3, -0.25) is 0 Å². The van der Waals surface area contributed by atoms with Crippen LogP contribution >= 0.6 is 0 Å². The van der Waals surface area contributed by atoms with Gasteiger partial charge in [-0.25, -0.2) is 4.39 Å². The summed E-state index contributed by atoms with van der Waals surface area (Å²) in [6.45, 7) is 4.45. The van der Waals surface area contributed by atoms with E-state index in [1.54, 1.807) is 19.2 Å². The van der Waals surface area contributed by atoms with E-state index < -0.39 is 0 Å². The maximum absolute atomic E-state index is 13.6. The minimum atomic E-state index is -0.228. The van der Waals surface area contributed by atoms with Crippen molar-refractivity contribution in [1.82, 2.24) is 0 Å². The summed E-state index contributed by atoms with van der Waals surface area (Å²) in [7, 11) is 1.62. The first-order chi connectivity index (χ1) is 10.6. The number of hydrogen-bond donors (Lipinski definition) is 1. The van der Waals surface area contributed by atoms with Crippen molar-refractivity contribution in [2.75, 3.05) is 12.4 Å². The molecule has 0 radical (unpaired) electrons. The molecule has 0 saturated carbocycles. The zero-order valence-electron chi connectivity index (χ0n) is 13.3. The molecule has 0 fully saturated rings. The van der Waals surface area contributed by atoms with E-state index in [0.717, 1.165) is 29.8 Å². The molecule has 1 N–H and O–H groups in total. The lowest BCUT2D eigenvalue weighted by molar-refractivity contribution is 0.406. The number of rotatable bonds is 4. The summed E-state index contributed by atoms with van der Waals surface area (Å²) in [5.41, 5.74) is 4.69. The average molecular weight is 299 g/mol. The monoisotopic (exact) mass is 299 g/mol. The van der Waals surface area contributed by atoms with E-state index in [9.17, 15) is 4.39 Å². The molecule has 2 aromatic rings. The number of methoxy groups -OCH3 is 1. The molecule has 0 aromatic heterocycles. The molecule has 116 valence electrons. The van der Waals surface area contributed by atoms with Crippen molar-refractivity contribution in [3.63, 3.8) is 0 Å². The standard InChI is InChI=1S/C19H22FNO/c1-4-12(2)13-5-7-17-14(9-13)10-18(21-17)16-11-15(20)6-8-19(16)22-3/h5-9,11-12,18,21H,4,10H2,1-3H3. The Morgan fingerprint density at radius 1 is 1.27 bits per heavy atom. The van der Waals surface area contributed by atoms with Gasteiger partial charge in [-0.15, -0.1) is 0 Å². The minimum Gasteiger partial charge on any atom is -0.496 e.